The van der Waals surface area contributed by atoms with E-state index in [1.165, 1.54) is 29.3 Å². The molecule has 3 aromatic rings. The highest BCUT2D eigenvalue weighted by Crippen LogP contribution is 2.29. The minimum absolute atomic E-state index is 0.0429. The summed E-state index contributed by atoms with van der Waals surface area (Å²) in [5, 5.41) is 11.3. The van der Waals surface area contributed by atoms with Crippen LogP contribution < -0.4 is 10.1 Å². The van der Waals surface area contributed by atoms with Crippen molar-refractivity contribution in [3.05, 3.63) is 76.5 Å². The number of carbonyl (C=O) groups excluding carboxylic acids is 1. The monoisotopic (exact) mass is 455 g/mol. The summed E-state index contributed by atoms with van der Waals surface area (Å²) in [5.74, 6) is 0.775. The van der Waals surface area contributed by atoms with Gasteiger partial charge in [0.1, 0.15) is 11.5 Å². The number of amides is 1. The Morgan fingerprint density at radius 2 is 1.77 bits per heavy atom. The van der Waals surface area contributed by atoms with Gasteiger partial charge in [0.25, 0.3) is 5.91 Å². The summed E-state index contributed by atoms with van der Waals surface area (Å²) < 4.78 is 28.7. The summed E-state index contributed by atoms with van der Waals surface area (Å²) in [6.45, 7) is 3.64. The van der Waals surface area contributed by atoms with Gasteiger partial charge in [0.15, 0.2) is 0 Å². The molecule has 2 heterocycles. The molecule has 1 aromatic heterocycles. The Morgan fingerprint density at radius 3 is 2.42 bits per heavy atom. The summed E-state index contributed by atoms with van der Waals surface area (Å²) in [4.78, 5) is 12.9. The molecule has 0 saturated heterocycles. The maximum atomic E-state index is 12.9. The number of anilines is 1. The van der Waals surface area contributed by atoms with Crippen LogP contribution in [0, 0.1) is 6.92 Å². The number of hydrazone groups is 1. The van der Waals surface area contributed by atoms with Gasteiger partial charge in [0, 0.05) is 10.6 Å². The summed E-state index contributed by atoms with van der Waals surface area (Å²) in [6, 6.07) is 14.8. The highest BCUT2D eigenvalue weighted by atomic mass is 35.5. The van der Waals surface area contributed by atoms with Crippen molar-refractivity contribution in [3.63, 3.8) is 0 Å². The Bertz CT molecular complexity index is 1360. The molecule has 1 aliphatic heterocycles. The molecule has 2 N–H and O–H groups in total. The average molecular weight is 456 g/mol. The van der Waals surface area contributed by atoms with Crippen molar-refractivity contribution in [1.82, 2.24) is 0 Å². The highest BCUT2D eigenvalue weighted by Gasteiger charge is 2.29. The molecule has 4 rings (SSSR count). The van der Waals surface area contributed by atoms with Gasteiger partial charge in [0.2, 0.25) is 10.0 Å². The van der Waals surface area contributed by atoms with Gasteiger partial charge in [-0.15, -0.1) is 0 Å². The number of benzene rings is 2. The molecule has 0 atom stereocenters. The number of hydrogen-bond donors (Lipinski definition) is 1. The van der Waals surface area contributed by atoms with Crippen LogP contribution in [-0.4, -0.2) is 20.0 Å². The van der Waals surface area contributed by atoms with Crippen LogP contribution in [0.15, 0.2) is 74.6 Å². The van der Waals surface area contributed by atoms with Gasteiger partial charge in [-0.25, -0.2) is 13.6 Å². The second kappa shape index (κ2) is 7.81. The molecule has 0 aliphatic carbocycles. The third kappa shape index (κ3) is 4.18. The zero-order valence-corrected chi connectivity index (χ0v) is 18.2. The van der Waals surface area contributed by atoms with Crippen LogP contribution in [0.1, 0.15) is 18.2 Å². The minimum atomic E-state index is -3.82. The SMILES string of the molecule is CC1=NN(c2ccc(S(N)(=O)=O)cc2)C(=O)/C1=C\c1ccc(-c2ccc(C)c(Cl)c2)o1. The van der Waals surface area contributed by atoms with Crippen LogP contribution in [-0.2, 0) is 14.8 Å². The molecule has 7 nitrogen and oxygen atoms in total. The van der Waals surface area contributed by atoms with Gasteiger partial charge in [-0.2, -0.15) is 10.1 Å². The molecule has 31 heavy (non-hydrogen) atoms. The number of nitrogens with zero attached hydrogens (tertiary/aromatic N) is 2. The number of nitrogens with two attached hydrogens (primary N) is 1. The van der Waals surface area contributed by atoms with Crippen molar-refractivity contribution in [2.45, 2.75) is 18.7 Å². The predicted molar refractivity (Wildman–Crippen MR) is 120 cm³/mol. The van der Waals surface area contributed by atoms with E-state index in [9.17, 15) is 13.2 Å². The van der Waals surface area contributed by atoms with Crippen molar-refractivity contribution in [2.24, 2.45) is 10.2 Å². The van der Waals surface area contributed by atoms with E-state index in [0.717, 1.165) is 11.1 Å². The molecule has 1 amide bonds. The number of halogens is 1. The van der Waals surface area contributed by atoms with Crippen LogP contribution in [0.4, 0.5) is 5.69 Å². The van der Waals surface area contributed by atoms with Crippen molar-refractivity contribution in [1.29, 1.82) is 0 Å². The number of primary sulfonamides is 1. The molecular weight excluding hydrogens is 438 g/mol. The van der Waals surface area contributed by atoms with E-state index in [-0.39, 0.29) is 10.8 Å². The topological polar surface area (TPSA) is 106 Å². The Hall–Kier alpha value is -3.20. The normalized spacial score (nSPS) is 15.6. The predicted octanol–water partition coefficient (Wildman–Crippen LogP) is 4.36. The van der Waals surface area contributed by atoms with Crippen molar-refractivity contribution < 1.29 is 17.6 Å². The van der Waals surface area contributed by atoms with Crippen molar-refractivity contribution in [2.75, 3.05) is 5.01 Å². The zero-order chi connectivity index (χ0) is 22.3. The third-order valence-corrected chi connectivity index (χ3v) is 6.18. The van der Waals surface area contributed by atoms with Gasteiger partial charge in [-0.1, -0.05) is 23.7 Å². The number of rotatable bonds is 4. The van der Waals surface area contributed by atoms with Gasteiger partial charge >= 0.3 is 0 Å². The largest absolute Gasteiger partial charge is 0.457 e. The fourth-order valence-electron chi connectivity index (χ4n) is 3.11. The number of hydrogen-bond acceptors (Lipinski definition) is 5. The second-order valence-electron chi connectivity index (χ2n) is 7.07. The first-order valence-electron chi connectivity index (χ1n) is 9.24. The lowest BCUT2D eigenvalue weighted by molar-refractivity contribution is -0.114. The fraction of sp³-hybridized carbons (Fsp3) is 0.0909. The second-order valence-corrected chi connectivity index (χ2v) is 9.03. The average Bonchev–Trinajstić information content (AvgIpc) is 3.30. The van der Waals surface area contributed by atoms with E-state index >= 15 is 0 Å². The van der Waals surface area contributed by atoms with Crippen LogP contribution >= 0.6 is 11.6 Å². The Kier molecular flexibility index (Phi) is 5.30. The Morgan fingerprint density at radius 1 is 1.06 bits per heavy atom. The van der Waals surface area contributed by atoms with Gasteiger partial charge in [0.05, 0.1) is 21.9 Å². The molecule has 0 radical (unpaired) electrons. The van der Waals surface area contributed by atoms with Gasteiger partial charge in [-0.05, 0) is 68.0 Å². The molecule has 158 valence electrons. The molecule has 1 aliphatic rings. The first-order chi connectivity index (χ1) is 14.6. The molecule has 0 bridgehead atoms. The van der Waals surface area contributed by atoms with Gasteiger partial charge in [-0.3, -0.25) is 4.79 Å². The highest BCUT2D eigenvalue weighted by molar-refractivity contribution is 7.89. The molecule has 9 heteroatoms. The number of carbonyl (C=O) groups is 1. The quantitative estimate of drug-likeness (QED) is 0.589. The van der Waals surface area contributed by atoms with Crippen LogP contribution in [0.3, 0.4) is 0 Å². The van der Waals surface area contributed by atoms with Crippen molar-refractivity contribution >= 4 is 45.0 Å². The standard InChI is InChI=1S/C22H18ClN3O4S/c1-13-3-4-15(11-20(13)23)21-10-7-17(30-21)12-19-14(2)25-26(22(19)27)16-5-8-18(9-6-16)31(24,28)29/h3-12H,1-2H3,(H2,24,28,29)/b19-12-. The van der Waals surface area contributed by atoms with E-state index in [1.54, 1.807) is 19.1 Å². The minimum Gasteiger partial charge on any atom is -0.457 e. The Labute approximate surface area is 184 Å². The maximum Gasteiger partial charge on any atom is 0.280 e. The lowest BCUT2D eigenvalue weighted by Gasteiger charge is -2.11. The number of furan rings is 1. The smallest absolute Gasteiger partial charge is 0.280 e. The molecule has 0 fully saturated rings. The molecule has 2 aromatic carbocycles. The molecular formula is C22H18ClN3O4S. The molecule has 0 spiro atoms. The zero-order valence-electron chi connectivity index (χ0n) is 16.7. The summed E-state index contributed by atoms with van der Waals surface area (Å²) in [6.07, 6.45) is 1.62. The van der Waals surface area contributed by atoms with E-state index < -0.39 is 10.0 Å². The lowest BCUT2D eigenvalue weighted by Crippen LogP contribution is -2.21. The summed E-state index contributed by atoms with van der Waals surface area (Å²) >= 11 is 6.20. The van der Waals surface area contributed by atoms with E-state index in [1.807, 2.05) is 31.2 Å². The maximum absolute atomic E-state index is 12.9. The molecule has 0 saturated carbocycles. The van der Waals surface area contributed by atoms with Crippen molar-refractivity contribution in [3.8, 4) is 11.3 Å². The van der Waals surface area contributed by atoms with Gasteiger partial charge < -0.3 is 4.42 Å². The van der Waals surface area contributed by atoms with Crippen LogP contribution in [0.2, 0.25) is 5.02 Å². The summed E-state index contributed by atoms with van der Waals surface area (Å²) in [7, 11) is -3.82. The first-order valence-corrected chi connectivity index (χ1v) is 11.2. The third-order valence-electron chi connectivity index (χ3n) is 4.84. The first kappa shape index (κ1) is 21.0. The van der Waals surface area contributed by atoms with E-state index in [4.69, 9.17) is 21.2 Å². The van der Waals surface area contributed by atoms with E-state index in [0.29, 0.717) is 33.5 Å². The number of aryl methyl sites for hydroxylation is 1. The number of sulfonamides is 1. The Balaban J connectivity index is 1.60. The fourth-order valence-corrected chi connectivity index (χ4v) is 3.81. The van der Waals surface area contributed by atoms with Crippen LogP contribution in [0.5, 0.6) is 0 Å². The lowest BCUT2D eigenvalue weighted by atomic mass is 10.1. The van der Waals surface area contributed by atoms with E-state index in [2.05, 4.69) is 5.10 Å². The summed E-state index contributed by atoms with van der Waals surface area (Å²) in [5.41, 5.74) is 3.12. The molecule has 0 unspecified atom stereocenters. The van der Waals surface area contributed by atoms with Crippen LogP contribution in [0.25, 0.3) is 17.4 Å².